The highest BCUT2D eigenvalue weighted by atomic mass is 35.5. The zero-order valence-corrected chi connectivity index (χ0v) is 37.4. The Balaban J connectivity index is 1.31. The minimum atomic E-state index is -1.68. The van der Waals surface area contributed by atoms with Crippen molar-refractivity contribution in [3.63, 3.8) is 0 Å². The number of anilines is 4. The molecule has 5 aromatic carbocycles. The van der Waals surface area contributed by atoms with Gasteiger partial charge in [0, 0.05) is 35.3 Å². The van der Waals surface area contributed by atoms with Crippen molar-refractivity contribution in [1.82, 2.24) is 0 Å². The fourth-order valence-electron chi connectivity index (χ4n) is 5.78. The number of hydrogen-bond acceptors (Lipinski definition) is 12. The van der Waals surface area contributed by atoms with Gasteiger partial charge in [-0.3, -0.25) is 28.8 Å². The topological polar surface area (TPSA) is 218 Å². The van der Waals surface area contributed by atoms with E-state index >= 15 is 0 Å². The highest BCUT2D eigenvalue weighted by molar-refractivity contribution is 6.37. The molecular formula is C44H38Cl4N8O8. The number of ketones is 2. The van der Waals surface area contributed by atoms with Crippen molar-refractivity contribution in [3.05, 3.63) is 129 Å². The zero-order chi connectivity index (χ0) is 46.5. The normalized spacial score (nSPS) is 12.0. The number of azo groups is 2. The molecule has 0 aromatic heterocycles. The van der Waals surface area contributed by atoms with Gasteiger partial charge in [0.05, 0.1) is 46.8 Å². The summed E-state index contributed by atoms with van der Waals surface area (Å²) in [5, 5.41) is 26.4. The maximum atomic E-state index is 13.5. The third-order valence-corrected chi connectivity index (χ3v) is 10.4. The van der Waals surface area contributed by atoms with Crippen molar-refractivity contribution in [3.8, 4) is 11.5 Å². The summed E-state index contributed by atoms with van der Waals surface area (Å²) in [6.07, 6.45) is 0. The minimum absolute atomic E-state index is 0.000656. The molecule has 0 bridgehead atoms. The first kappa shape index (κ1) is 48.3. The summed E-state index contributed by atoms with van der Waals surface area (Å²) in [7, 11) is 2.57. The van der Waals surface area contributed by atoms with Crippen LogP contribution in [0.5, 0.6) is 11.5 Å². The molecule has 20 heteroatoms. The summed E-state index contributed by atoms with van der Waals surface area (Å²) in [5.41, 5.74) is 2.71. The maximum Gasteiger partial charge on any atom is 0.258 e. The largest absolute Gasteiger partial charge is 0.494 e. The number of rotatable bonds is 18. The molecule has 0 saturated carbocycles. The van der Waals surface area contributed by atoms with Crippen LogP contribution < -0.4 is 30.7 Å². The van der Waals surface area contributed by atoms with Crippen LogP contribution in [0.15, 0.2) is 118 Å². The lowest BCUT2D eigenvalue weighted by molar-refractivity contribution is -0.127. The Morgan fingerprint density at radius 1 is 0.547 bits per heavy atom. The summed E-state index contributed by atoms with van der Waals surface area (Å²) >= 11 is 24.9. The number of carbonyl (C=O) groups is 6. The number of nitrogens with zero attached hydrogens (tertiary/aromatic N) is 4. The number of ether oxygens (including phenoxy) is 2. The third-order valence-electron chi connectivity index (χ3n) is 8.99. The summed E-state index contributed by atoms with van der Waals surface area (Å²) < 4.78 is 10.9. The second-order valence-electron chi connectivity index (χ2n) is 13.5. The Morgan fingerprint density at radius 2 is 0.922 bits per heavy atom. The van der Waals surface area contributed by atoms with Gasteiger partial charge in [0.2, 0.25) is 12.1 Å². The molecule has 2 unspecified atom stereocenters. The summed E-state index contributed by atoms with van der Waals surface area (Å²) in [5.74, 6) is -3.81. The van der Waals surface area contributed by atoms with Crippen LogP contribution in [0.25, 0.3) is 0 Å². The van der Waals surface area contributed by atoms with Crippen LogP contribution in [0, 0.1) is 0 Å². The molecule has 2 atom stereocenters. The molecule has 0 saturated heterocycles. The highest BCUT2D eigenvalue weighted by Gasteiger charge is 2.28. The average molecular weight is 949 g/mol. The van der Waals surface area contributed by atoms with E-state index in [-0.39, 0.29) is 67.2 Å². The fraction of sp³-hybridized carbons (Fsp3) is 0.182. The van der Waals surface area contributed by atoms with E-state index in [1.165, 1.54) is 62.8 Å². The van der Waals surface area contributed by atoms with Crippen LogP contribution in [-0.2, 0) is 30.9 Å². The number of amides is 4. The lowest BCUT2D eigenvalue weighted by Crippen LogP contribution is -2.32. The van der Waals surface area contributed by atoms with Gasteiger partial charge in [-0.1, -0.05) is 59.6 Å². The van der Waals surface area contributed by atoms with Gasteiger partial charge in [0.1, 0.15) is 22.9 Å². The van der Waals surface area contributed by atoms with E-state index in [9.17, 15) is 28.8 Å². The van der Waals surface area contributed by atoms with Crippen LogP contribution in [0.2, 0.25) is 10.0 Å². The molecule has 0 aliphatic carbocycles. The van der Waals surface area contributed by atoms with Crippen molar-refractivity contribution in [2.75, 3.05) is 35.5 Å². The van der Waals surface area contributed by atoms with Gasteiger partial charge in [-0.05, 0) is 73.5 Å². The van der Waals surface area contributed by atoms with Gasteiger partial charge in [-0.15, -0.1) is 23.2 Å². The lowest BCUT2D eigenvalue weighted by Gasteiger charge is -2.18. The van der Waals surface area contributed by atoms with Crippen LogP contribution in [0.4, 0.5) is 34.1 Å². The molecule has 16 nitrogen and oxygen atoms in total. The van der Waals surface area contributed by atoms with Gasteiger partial charge >= 0.3 is 0 Å². The van der Waals surface area contributed by atoms with Crippen LogP contribution in [0.3, 0.4) is 0 Å². The molecule has 330 valence electrons. The summed E-state index contributed by atoms with van der Waals surface area (Å²) in [6, 6.07) is 22.0. The Bertz CT molecular complexity index is 2500. The van der Waals surface area contributed by atoms with Crippen molar-refractivity contribution < 1.29 is 38.2 Å². The van der Waals surface area contributed by atoms with E-state index in [0.29, 0.717) is 11.4 Å². The van der Waals surface area contributed by atoms with Gasteiger partial charge in [0.15, 0.2) is 11.6 Å². The molecule has 4 amide bonds. The number of alkyl halides is 2. The smallest absolute Gasteiger partial charge is 0.258 e. The van der Waals surface area contributed by atoms with Crippen molar-refractivity contribution >= 4 is 116 Å². The van der Waals surface area contributed by atoms with E-state index in [1.807, 2.05) is 0 Å². The highest BCUT2D eigenvalue weighted by Crippen LogP contribution is 2.37. The number of halogens is 4. The summed E-state index contributed by atoms with van der Waals surface area (Å²) in [4.78, 5) is 78.5. The average Bonchev–Trinajstić information content (AvgIpc) is 3.27. The first-order valence-electron chi connectivity index (χ1n) is 18.9. The van der Waals surface area contributed by atoms with Crippen molar-refractivity contribution in [2.24, 2.45) is 20.5 Å². The zero-order valence-electron chi connectivity index (χ0n) is 34.4. The maximum absolute atomic E-state index is 13.5. The van der Waals surface area contributed by atoms with E-state index in [2.05, 4.69) is 41.7 Å². The molecule has 0 aliphatic heterocycles. The molecule has 0 heterocycles. The Labute approximate surface area is 386 Å². The fourth-order valence-corrected chi connectivity index (χ4v) is 6.61. The first-order valence-corrected chi connectivity index (χ1v) is 20.7. The quantitative estimate of drug-likeness (QED) is 0.0375. The first-order chi connectivity index (χ1) is 30.7. The number of benzene rings is 5. The molecule has 0 fully saturated rings. The van der Waals surface area contributed by atoms with Crippen molar-refractivity contribution in [1.29, 1.82) is 0 Å². The van der Waals surface area contributed by atoms with Crippen LogP contribution in [-0.4, -0.2) is 61.5 Å². The van der Waals surface area contributed by atoms with Gasteiger partial charge in [0.25, 0.3) is 23.6 Å². The molecule has 5 rings (SSSR count). The third kappa shape index (κ3) is 12.3. The number of carbonyl (C=O) groups excluding carboxylic acids is 6. The summed E-state index contributed by atoms with van der Waals surface area (Å²) in [6.45, 7) is 2.27. The predicted octanol–water partition coefficient (Wildman–Crippen LogP) is 10.4. The van der Waals surface area contributed by atoms with E-state index < -0.39 is 47.3 Å². The lowest BCUT2D eigenvalue weighted by atomic mass is 10.1. The number of nitrogens with one attached hydrogen (secondary N) is 4. The van der Waals surface area contributed by atoms with Crippen LogP contribution in [0.1, 0.15) is 45.7 Å². The minimum Gasteiger partial charge on any atom is -0.494 e. The molecule has 0 spiro atoms. The second kappa shape index (κ2) is 22.6. The SMILES string of the molecule is COc1cc(NC(=O)C(N=Nc2cccc(C(=O)Nc3cccc(CCl)c3)c2Cl)C(C)=O)c(OC)cc1NC(=O)C(N=Nc1cccc(C(=O)Nc2cccc(CCl)c2)c1Cl)C(C)=O. The monoisotopic (exact) mass is 946 g/mol. The number of hydrogen-bond donors (Lipinski definition) is 4. The van der Waals surface area contributed by atoms with Gasteiger partial charge < -0.3 is 30.7 Å². The Kier molecular flexibility index (Phi) is 17.0. The van der Waals surface area contributed by atoms with Gasteiger partial charge in [-0.25, -0.2) is 0 Å². The van der Waals surface area contributed by atoms with Crippen LogP contribution >= 0.6 is 46.4 Å². The van der Waals surface area contributed by atoms with E-state index in [1.54, 1.807) is 48.5 Å². The van der Waals surface area contributed by atoms with E-state index in [4.69, 9.17) is 55.9 Å². The molecule has 64 heavy (non-hydrogen) atoms. The second-order valence-corrected chi connectivity index (χ2v) is 14.8. The molecule has 0 aliphatic rings. The van der Waals surface area contributed by atoms with Crippen molar-refractivity contribution in [2.45, 2.75) is 37.7 Å². The molecule has 5 aromatic rings. The molecular weight excluding hydrogens is 910 g/mol. The Hall–Kier alpha value is -6.72. The van der Waals surface area contributed by atoms with E-state index in [0.717, 1.165) is 25.0 Å². The molecule has 0 radical (unpaired) electrons. The standard InChI is InChI=1S/C44H38Cl4N8O8/c1-23(57)39(55-53-31-15-7-13-29(37(31)47)41(59)49-27-11-5-9-25(17-27)21-45)43(61)51-33-19-36(64-4)34(20-35(33)63-3)52-44(62)40(24(2)58)56-54-32-16-8-14-30(38(32)48)42(60)50-28-12-6-10-26(18-28)22-46/h5-20,39-40H,21-22H2,1-4H3,(H,49,59)(H,50,60)(H,51,61)(H,52,62). The molecule has 4 N–H and O–H groups in total. The predicted molar refractivity (Wildman–Crippen MR) is 246 cm³/mol. The number of methoxy groups -OCH3 is 2. The van der Waals surface area contributed by atoms with Gasteiger partial charge in [-0.2, -0.15) is 20.5 Å². The Morgan fingerprint density at radius 3 is 1.27 bits per heavy atom. The number of Topliss-reactive ketones (excluding diaryl/α,β-unsaturated/α-hetero) is 2.